The third kappa shape index (κ3) is 4.11. The molecule has 3 rings (SSSR count). The molecule has 1 atom stereocenters. The number of carbonyl (C=O) groups excluding carboxylic acids is 1. The van der Waals surface area contributed by atoms with Gasteiger partial charge in [0.1, 0.15) is 6.17 Å². The highest BCUT2D eigenvalue weighted by molar-refractivity contribution is 7.89. The third-order valence-corrected chi connectivity index (χ3v) is 6.76. The van der Waals surface area contributed by atoms with Crippen LogP contribution in [0.1, 0.15) is 28.4 Å². The Morgan fingerprint density at radius 1 is 1.03 bits per heavy atom. The summed E-state index contributed by atoms with van der Waals surface area (Å²) in [5.74, 6) is -0.852. The van der Waals surface area contributed by atoms with Crippen LogP contribution in [0.3, 0.4) is 0 Å². The van der Waals surface area contributed by atoms with Crippen molar-refractivity contribution in [1.29, 1.82) is 0 Å². The van der Waals surface area contributed by atoms with E-state index in [2.05, 4.69) is 5.32 Å². The van der Waals surface area contributed by atoms with Gasteiger partial charge in [0.05, 0.1) is 26.6 Å². The van der Waals surface area contributed by atoms with Gasteiger partial charge < -0.3 is 5.32 Å². The van der Waals surface area contributed by atoms with Crippen LogP contribution >= 0.6 is 0 Å². The van der Waals surface area contributed by atoms with Gasteiger partial charge in [0.15, 0.2) is 0 Å². The summed E-state index contributed by atoms with van der Waals surface area (Å²) in [6, 6.07) is 5.08. The molecule has 0 aliphatic carbocycles. The zero-order chi connectivity index (χ0) is 23.5. The molecule has 0 fully saturated rings. The summed E-state index contributed by atoms with van der Waals surface area (Å²) in [6.07, 6.45) is -5.95. The predicted octanol–water partition coefficient (Wildman–Crippen LogP) is 1.73. The molecule has 5 N–H and O–H groups in total. The van der Waals surface area contributed by atoms with Crippen molar-refractivity contribution in [3.8, 4) is 0 Å². The molecule has 1 aliphatic heterocycles. The normalized spacial score (nSPS) is 17.3. The molecule has 2 aromatic carbocycles. The molecule has 168 valence electrons. The summed E-state index contributed by atoms with van der Waals surface area (Å²) in [6.45, 7) is 2.87. The molecular weight excluding hydrogens is 461 g/mol. The molecule has 2 aromatic rings. The number of nitrogens with two attached hydrogens (primary N) is 2. The van der Waals surface area contributed by atoms with Gasteiger partial charge in [-0.3, -0.25) is 9.69 Å². The second-order valence-corrected chi connectivity index (χ2v) is 9.94. The number of hydrogen-bond acceptors (Lipinski definition) is 6. The number of alkyl halides is 3. The summed E-state index contributed by atoms with van der Waals surface area (Å²) < 4.78 is 87.3. The predicted molar refractivity (Wildman–Crippen MR) is 105 cm³/mol. The Bertz CT molecular complexity index is 1310. The summed E-state index contributed by atoms with van der Waals surface area (Å²) in [5, 5.41) is 12.8. The molecule has 1 heterocycles. The van der Waals surface area contributed by atoms with Gasteiger partial charge in [0.25, 0.3) is 5.91 Å². The Morgan fingerprint density at radius 3 is 2.13 bits per heavy atom. The first kappa shape index (κ1) is 23.0. The van der Waals surface area contributed by atoms with Gasteiger partial charge in [-0.05, 0) is 43.7 Å². The van der Waals surface area contributed by atoms with Crippen molar-refractivity contribution >= 4 is 37.3 Å². The number of carbonyl (C=O) groups is 1. The first-order chi connectivity index (χ1) is 14.0. The van der Waals surface area contributed by atoms with Gasteiger partial charge in [-0.25, -0.2) is 27.1 Å². The smallest absolute Gasteiger partial charge is 0.364 e. The summed E-state index contributed by atoms with van der Waals surface area (Å²) in [7, 11) is -8.94. The number of primary sulfonamides is 2. The van der Waals surface area contributed by atoms with Crippen molar-refractivity contribution in [3.05, 3.63) is 47.0 Å². The number of hydrogen-bond donors (Lipinski definition) is 3. The van der Waals surface area contributed by atoms with Crippen molar-refractivity contribution in [2.24, 2.45) is 10.3 Å². The van der Waals surface area contributed by atoms with Crippen LogP contribution in [-0.2, 0) is 26.2 Å². The highest BCUT2D eigenvalue weighted by Gasteiger charge is 2.40. The fourth-order valence-corrected chi connectivity index (χ4v) is 4.98. The first-order valence-corrected chi connectivity index (χ1v) is 11.6. The van der Waals surface area contributed by atoms with Crippen molar-refractivity contribution in [1.82, 2.24) is 0 Å². The van der Waals surface area contributed by atoms with Crippen molar-refractivity contribution in [2.45, 2.75) is 36.0 Å². The number of benzene rings is 2. The van der Waals surface area contributed by atoms with E-state index in [0.29, 0.717) is 12.1 Å². The summed E-state index contributed by atoms with van der Waals surface area (Å²) in [5.41, 5.74) is -1.88. The first-order valence-electron chi connectivity index (χ1n) is 8.54. The number of rotatable bonds is 3. The quantitative estimate of drug-likeness (QED) is 0.611. The number of nitrogens with zero attached hydrogens (tertiary/aromatic N) is 1. The molecule has 0 bridgehead atoms. The third-order valence-electron chi connectivity index (χ3n) is 4.75. The Kier molecular flexibility index (Phi) is 5.33. The minimum atomic E-state index is -5.04. The van der Waals surface area contributed by atoms with Crippen molar-refractivity contribution < 1.29 is 34.8 Å². The van der Waals surface area contributed by atoms with E-state index in [1.807, 2.05) is 0 Å². The average Bonchev–Trinajstić information content (AvgIpc) is 2.59. The zero-order valence-electron chi connectivity index (χ0n) is 16.1. The molecule has 1 aliphatic rings. The number of fused-ring (bicyclic) bond motifs is 1. The lowest BCUT2D eigenvalue weighted by molar-refractivity contribution is -0.139. The Balaban J connectivity index is 2.24. The van der Waals surface area contributed by atoms with Crippen LogP contribution in [0, 0.1) is 6.92 Å². The molecule has 0 radical (unpaired) electrons. The highest BCUT2D eigenvalue weighted by Crippen LogP contribution is 2.40. The maximum Gasteiger partial charge on any atom is 0.417 e. The topological polar surface area (TPSA) is 153 Å². The van der Waals surface area contributed by atoms with Crippen LogP contribution in [0.15, 0.2) is 40.1 Å². The minimum Gasteiger partial charge on any atom is -0.364 e. The second-order valence-electron chi connectivity index (χ2n) is 6.88. The van der Waals surface area contributed by atoms with Gasteiger partial charge in [0, 0.05) is 5.69 Å². The molecule has 1 amide bonds. The van der Waals surface area contributed by atoms with Crippen LogP contribution in [0.25, 0.3) is 0 Å². The van der Waals surface area contributed by atoms with E-state index in [1.165, 1.54) is 32.0 Å². The molecule has 0 saturated heterocycles. The van der Waals surface area contributed by atoms with Gasteiger partial charge in [0.2, 0.25) is 20.0 Å². The largest absolute Gasteiger partial charge is 0.417 e. The van der Waals surface area contributed by atoms with E-state index in [0.717, 1.165) is 4.90 Å². The lowest BCUT2D eigenvalue weighted by Gasteiger charge is -2.37. The van der Waals surface area contributed by atoms with E-state index in [4.69, 9.17) is 10.3 Å². The zero-order valence-corrected chi connectivity index (χ0v) is 17.7. The Labute approximate surface area is 175 Å². The monoisotopic (exact) mass is 478 g/mol. The number of amides is 1. The molecule has 0 saturated carbocycles. The van der Waals surface area contributed by atoms with Crippen LogP contribution in [0.5, 0.6) is 0 Å². The Hall–Kier alpha value is -2.68. The van der Waals surface area contributed by atoms with Crippen molar-refractivity contribution in [3.63, 3.8) is 0 Å². The van der Waals surface area contributed by atoms with Crippen molar-refractivity contribution in [2.75, 3.05) is 10.2 Å². The molecular formula is C17H17F3N4O5S2. The van der Waals surface area contributed by atoms with Crippen LogP contribution in [0.4, 0.5) is 24.5 Å². The van der Waals surface area contributed by atoms with E-state index >= 15 is 0 Å². The molecule has 0 aromatic heterocycles. The number of sulfonamides is 2. The fourth-order valence-electron chi connectivity index (χ4n) is 3.42. The van der Waals surface area contributed by atoms with Crippen LogP contribution in [-0.4, -0.2) is 28.9 Å². The summed E-state index contributed by atoms with van der Waals surface area (Å²) >= 11 is 0. The van der Waals surface area contributed by atoms with E-state index in [1.54, 1.807) is 0 Å². The molecule has 31 heavy (non-hydrogen) atoms. The maximum atomic E-state index is 13.4. The van der Waals surface area contributed by atoms with Gasteiger partial charge >= 0.3 is 6.18 Å². The highest BCUT2D eigenvalue weighted by atomic mass is 32.2. The lowest BCUT2D eigenvalue weighted by atomic mass is 10.0. The Morgan fingerprint density at radius 2 is 1.61 bits per heavy atom. The molecule has 0 spiro atoms. The fraction of sp³-hybridized carbons (Fsp3) is 0.235. The molecule has 9 nitrogen and oxygen atoms in total. The van der Waals surface area contributed by atoms with Crippen LogP contribution < -0.4 is 20.5 Å². The second kappa shape index (κ2) is 7.19. The van der Waals surface area contributed by atoms with Gasteiger partial charge in [-0.15, -0.1) is 0 Å². The summed E-state index contributed by atoms with van der Waals surface area (Å²) in [4.78, 5) is 12.8. The van der Waals surface area contributed by atoms with Gasteiger partial charge in [-0.1, -0.05) is 6.07 Å². The average molecular weight is 478 g/mol. The lowest BCUT2D eigenvalue weighted by Crippen LogP contribution is -2.48. The minimum absolute atomic E-state index is 0.124. The van der Waals surface area contributed by atoms with E-state index < -0.39 is 48.8 Å². The maximum absolute atomic E-state index is 13.4. The van der Waals surface area contributed by atoms with E-state index in [-0.39, 0.29) is 27.4 Å². The van der Waals surface area contributed by atoms with E-state index in [9.17, 15) is 34.8 Å². The molecule has 14 heteroatoms. The molecule has 1 unspecified atom stereocenters. The number of anilines is 2. The number of nitrogens with one attached hydrogen (secondary N) is 1. The van der Waals surface area contributed by atoms with Crippen LogP contribution in [0.2, 0.25) is 0 Å². The number of halogens is 3. The standard InChI is InChI=1S/C17H17F3N4O5S2/c1-8-13(4-3-5-14(8)30(21,26)27)24-9(2)23-12-7-11(17(18,19)20)15(31(22,28)29)6-10(12)16(24)25/h3-7,9,23H,1-2H3,(H2,21,26,27)(H2,22,28,29). The van der Waals surface area contributed by atoms with Gasteiger partial charge in [-0.2, -0.15) is 13.2 Å². The SMILES string of the molecule is Cc1c(N2C(=O)c3cc(S(N)(=O)=O)c(C(F)(F)F)cc3NC2C)cccc1S(N)(=O)=O.